The Balaban J connectivity index is 1.76. The standard InChI is InChI=1S/C24H26N4O2/c1-3-27-10-12-28(13-11-27)24-21-7-5-4-6-18(21)15-22(26-24)19-8-9-23(30-17(2)29)20(14-19)16-25/h4-9,14-15,17,29H,3,10-13H2,1-2H3. The zero-order valence-corrected chi connectivity index (χ0v) is 17.4. The molecule has 0 aliphatic carbocycles. The maximum Gasteiger partial charge on any atom is 0.194 e. The van der Waals surface area contributed by atoms with E-state index in [9.17, 15) is 10.4 Å². The van der Waals surface area contributed by atoms with Crippen LogP contribution in [-0.2, 0) is 0 Å². The molecule has 0 radical (unpaired) electrons. The van der Waals surface area contributed by atoms with Crippen LogP contribution in [0.5, 0.6) is 5.75 Å². The summed E-state index contributed by atoms with van der Waals surface area (Å²) in [5.74, 6) is 1.36. The summed E-state index contributed by atoms with van der Waals surface area (Å²) in [4.78, 5) is 9.82. The molecule has 0 spiro atoms. The molecule has 0 bridgehead atoms. The van der Waals surface area contributed by atoms with Crippen LogP contribution in [0, 0.1) is 11.3 Å². The van der Waals surface area contributed by atoms with Crippen LogP contribution < -0.4 is 9.64 Å². The van der Waals surface area contributed by atoms with E-state index >= 15 is 0 Å². The van der Waals surface area contributed by atoms with Crippen molar-refractivity contribution in [2.75, 3.05) is 37.6 Å². The minimum Gasteiger partial charge on any atom is -0.464 e. The topological polar surface area (TPSA) is 72.6 Å². The normalized spacial score (nSPS) is 15.7. The zero-order valence-electron chi connectivity index (χ0n) is 17.4. The van der Waals surface area contributed by atoms with Crippen molar-refractivity contribution in [3.05, 3.63) is 54.1 Å². The lowest BCUT2D eigenvalue weighted by atomic mass is 10.0. The minimum atomic E-state index is -0.977. The number of fused-ring (bicyclic) bond motifs is 1. The lowest BCUT2D eigenvalue weighted by Crippen LogP contribution is -2.46. The van der Waals surface area contributed by atoms with E-state index in [0.29, 0.717) is 11.3 Å². The molecule has 154 valence electrons. The summed E-state index contributed by atoms with van der Waals surface area (Å²) >= 11 is 0. The monoisotopic (exact) mass is 402 g/mol. The molecule has 1 atom stereocenters. The van der Waals surface area contributed by atoms with Crippen molar-refractivity contribution in [3.8, 4) is 23.1 Å². The van der Waals surface area contributed by atoms with Crippen molar-refractivity contribution >= 4 is 16.6 Å². The smallest absolute Gasteiger partial charge is 0.194 e. The van der Waals surface area contributed by atoms with Crippen LogP contribution in [-0.4, -0.2) is 54.0 Å². The molecule has 2 heterocycles. The summed E-state index contributed by atoms with van der Waals surface area (Å²) in [5.41, 5.74) is 2.05. The maximum absolute atomic E-state index is 9.54. The minimum absolute atomic E-state index is 0.368. The van der Waals surface area contributed by atoms with Gasteiger partial charge in [-0.1, -0.05) is 31.2 Å². The predicted octanol–water partition coefficient (Wildman–Crippen LogP) is 3.63. The quantitative estimate of drug-likeness (QED) is 0.657. The summed E-state index contributed by atoms with van der Waals surface area (Å²) in [6.45, 7) is 8.73. The Morgan fingerprint density at radius 3 is 2.60 bits per heavy atom. The number of pyridine rings is 1. The van der Waals surface area contributed by atoms with Crippen molar-refractivity contribution in [1.29, 1.82) is 5.26 Å². The lowest BCUT2D eigenvalue weighted by Gasteiger charge is -2.35. The van der Waals surface area contributed by atoms with Crippen LogP contribution in [0.25, 0.3) is 22.0 Å². The first-order valence-corrected chi connectivity index (χ1v) is 10.4. The Morgan fingerprint density at radius 1 is 1.13 bits per heavy atom. The molecule has 1 unspecified atom stereocenters. The number of nitrogens with zero attached hydrogens (tertiary/aromatic N) is 4. The second kappa shape index (κ2) is 8.70. The first-order valence-electron chi connectivity index (χ1n) is 10.4. The van der Waals surface area contributed by atoms with Crippen molar-refractivity contribution in [1.82, 2.24) is 9.88 Å². The van der Waals surface area contributed by atoms with E-state index in [-0.39, 0.29) is 0 Å². The van der Waals surface area contributed by atoms with Crippen molar-refractivity contribution in [2.45, 2.75) is 20.1 Å². The van der Waals surface area contributed by atoms with Crippen molar-refractivity contribution in [2.24, 2.45) is 0 Å². The van der Waals surface area contributed by atoms with E-state index in [4.69, 9.17) is 9.72 Å². The Bertz CT molecular complexity index is 1080. The molecule has 1 aliphatic rings. The highest BCUT2D eigenvalue weighted by Crippen LogP contribution is 2.32. The molecule has 30 heavy (non-hydrogen) atoms. The molecule has 4 rings (SSSR count). The fourth-order valence-electron chi connectivity index (χ4n) is 3.91. The van der Waals surface area contributed by atoms with Gasteiger partial charge in [0.05, 0.1) is 11.3 Å². The number of hydrogen-bond donors (Lipinski definition) is 1. The van der Waals surface area contributed by atoms with E-state index in [0.717, 1.165) is 60.6 Å². The Kier molecular flexibility index (Phi) is 5.84. The van der Waals surface area contributed by atoms with Crippen molar-refractivity contribution in [3.63, 3.8) is 0 Å². The second-order valence-corrected chi connectivity index (χ2v) is 7.51. The van der Waals surface area contributed by atoms with Crippen LogP contribution in [0.4, 0.5) is 5.82 Å². The van der Waals surface area contributed by atoms with Crippen LogP contribution in [0.3, 0.4) is 0 Å². The highest BCUT2D eigenvalue weighted by Gasteiger charge is 2.20. The molecule has 3 aromatic rings. The van der Waals surface area contributed by atoms with Gasteiger partial charge in [0, 0.05) is 37.1 Å². The van der Waals surface area contributed by atoms with Crippen LogP contribution in [0.2, 0.25) is 0 Å². The van der Waals surface area contributed by atoms with E-state index in [2.05, 4.69) is 41.0 Å². The average molecular weight is 402 g/mol. The Morgan fingerprint density at radius 2 is 1.90 bits per heavy atom. The number of ether oxygens (including phenoxy) is 1. The molecule has 6 nitrogen and oxygen atoms in total. The molecule has 6 heteroatoms. The number of aliphatic hydroxyl groups excluding tert-OH is 1. The SMILES string of the molecule is CCN1CCN(c2nc(-c3ccc(OC(C)O)c(C#N)c3)cc3ccccc23)CC1. The van der Waals surface area contributed by atoms with Crippen LogP contribution in [0.15, 0.2) is 48.5 Å². The second-order valence-electron chi connectivity index (χ2n) is 7.51. The van der Waals surface area contributed by atoms with E-state index in [1.54, 1.807) is 12.1 Å². The fourth-order valence-corrected chi connectivity index (χ4v) is 3.91. The molecule has 0 amide bonds. The van der Waals surface area contributed by atoms with Gasteiger partial charge in [0.1, 0.15) is 17.6 Å². The van der Waals surface area contributed by atoms with E-state index in [1.807, 2.05) is 18.2 Å². The molecular formula is C24H26N4O2. The van der Waals surface area contributed by atoms with Gasteiger partial charge in [-0.15, -0.1) is 0 Å². The number of hydrogen-bond acceptors (Lipinski definition) is 6. The molecule has 1 fully saturated rings. The van der Waals surface area contributed by atoms with Crippen LogP contribution >= 0.6 is 0 Å². The van der Waals surface area contributed by atoms with E-state index < -0.39 is 6.29 Å². The number of piperazine rings is 1. The molecule has 1 aromatic heterocycles. The number of anilines is 1. The maximum atomic E-state index is 9.54. The van der Waals surface area contributed by atoms with Gasteiger partial charge in [0.25, 0.3) is 0 Å². The van der Waals surface area contributed by atoms with Gasteiger partial charge in [0.2, 0.25) is 0 Å². The summed E-state index contributed by atoms with van der Waals surface area (Å²) in [7, 11) is 0. The molecule has 0 saturated carbocycles. The van der Waals surface area contributed by atoms with Gasteiger partial charge < -0.3 is 19.6 Å². The molecule has 1 saturated heterocycles. The van der Waals surface area contributed by atoms with Gasteiger partial charge in [-0.05, 0) is 43.1 Å². The van der Waals surface area contributed by atoms with Gasteiger partial charge in [-0.3, -0.25) is 0 Å². The third kappa shape index (κ3) is 4.09. The summed E-state index contributed by atoms with van der Waals surface area (Å²) in [6, 6.07) is 17.9. The van der Waals surface area contributed by atoms with Gasteiger partial charge in [-0.25, -0.2) is 4.98 Å². The fraction of sp³-hybridized carbons (Fsp3) is 0.333. The first-order chi connectivity index (χ1) is 14.6. The third-order valence-electron chi connectivity index (χ3n) is 5.53. The number of aliphatic hydroxyl groups is 1. The van der Waals surface area contributed by atoms with Gasteiger partial charge in [0.15, 0.2) is 6.29 Å². The van der Waals surface area contributed by atoms with Crippen molar-refractivity contribution < 1.29 is 9.84 Å². The largest absolute Gasteiger partial charge is 0.464 e. The molecule has 1 N–H and O–H groups in total. The zero-order chi connectivity index (χ0) is 21.1. The summed E-state index contributed by atoms with van der Waals surface area (Å²) in [5, 5.41) is 21.3. The Hall–Kier alpha value is -3.14. The number of aromatic nitrogens is 1. The average Bonchev–Trinajstić information content (AvgIpc) is 2.78. The Labute approximate surface area is 176 Å². The summed E-state index contributed by atoms with van der Waals surface area (Å²) < 4.78 is 5.34. The molecular weight excluding hydrogens is 376 g/mol. The molecule has 1 aliphatic heterocycles. The number of benzene rings is 2. The molecule has 2 aromatic carbocycles. The number of rotatable bonds is 5. The number of likely N-dealkylation sites (N-methyl/N-ethyl adjacent to an activating group) is 1. The predicted molar refractivity (Wildman–Crippen MR) is 119 cm³/mol. The summed E-state index contributed by atoms with van der Waals surface area (Å²) in [6.07, 6.45) is -0.977. The third-order valence-corrected chi connectivity index (χ3v) is 5.53. The van der Waals surface area contributed by atoms with Crippen LogP contribution in [0.1, 0.15) is 19.4 Å². The highest BCUT2D eigenvalue weighted by molar-refractivity contribution is 5.95. The highest BCUT2D eigenvalue weighted by atomic mass is 16.6. The van der Waals surface area contributed by atoms with Gasteiger partial charge >= 0.3 is 0 Å². The van der Waals surface area contributed by atoms with Gasteiger partial charge in [-0.2, -0.15) is 5.26 Å². The lowest BCUT2D eigenvalue weighted by molar-refractivity contribution is -0.000502. The number of nitriles is 1. The first kappa shape index (κ1) is 20.1. The van der Waals surface area contributed by atoms with E-state index in [1.165, 1.54) is 6.92 Å².